The van der Waals surface area contributed by atoms with Gasteiger partial charge in [0.2, 0.25) is 5.91 Å². The first-order valence-electron chi connectivity index (χ1n) is 8.51. The van der Waals surface area contributed by atoms with Gasteiger partial charge in [0.1, 0.15) is 6.54 Å². The second-order valence-electron chi connectivity index (χ2n) is 6.46. The van der Waals surface area contributed by atoms with Crippen molar-refractivity contribution < 1.29 is 14.4 Å². The van der Waals surface area contributed by atoms with Crippen LogP contribution in [0.25, 0.3) is 0 Å². The number of anilines is 2. The van der Waals surface area contributed by atoms with Crippen molar-refractivity contribution in [2.75, 3.05) is 16.8 Å². The number of nitrogens with one attached hydrogen (secondary N) is 1. The number of carbonyl (C=O) groups is 3. The summed E-state index contributed by atoms with van der Waals surface area (Å²) >= 11 is 0. The second-order valence-corrected chi connectivity index (χ2v) is 6.46. The van der Waals surface area contributed by atoms with Gasteiger partial charge in [0, 0.05) is 5.69 Å². The summed E-state index contributed by atoms with van der Waals surface area (Å²) < 4.78 is 0. The highest BCUT2D eigenvalue weighted by Gasteiger charge is 2.55. The van der Waals surface area contributed by atoms with Gasteiger partial charge in [-0.2, -0.15) is 5.11 Å². The van der Waals surface area contributed by atoms with Crippen LogP contribution in [-0.2, 0) is 14.4 Å². The maximum atomic E-state index is 12.8. The third kappa shape index (κ3) is 3.05. The molecule has 0 aliphatic carbocycles. The Balaban J connectivity index is 1.48. The van der Waals surface area contributed by atoms with Crippen LogP contribution in [0.4, 0.5) is 11.4 Å². The van der Waals surface area contributed by atoms with Gasteiger partial charge in [-0.3, -0.25) is 19.4 Å². The summed E-state index contributed by atoms with van der Waals surface area (Å²) in [6, 6.07) is 14.3. The fraction of sp³-hybridized carbons (Fsp3) is 0.211. The van der Waals surface area contributed by atoms with Crippen LogP contribution < -0.4 is 10.2 Å². The van der Waals surface area contributed by atoms with Crippen molar-refractivity contribution in [3.8, 4) is 0 Å². The third-order valence-corrected chi connectivity index (χ3v) is 4.48. The van der Waals surface area contributed by atoms with Crippen LogP contribution in [-0.4, -0.2) is 41.4 Å². The third-order valence-electron chi connectivity index (χ3n) is 4.48. The van der Waals surface area contributed by atoms with Crippen LogP contribution in [0.1, 0.15) is 5.56 Å². The van der Waals surface area contributed by atoms with Crippen molar-refractivity contribution in [3.63, 3.8) is 0 Å². The number of benzene rings is 2. The molecule has 0 bridgehead atoms. The highest BCUT2D eigenvalue weighted by molar-refractivity contribution is 6.25. The lowest BCUT2D eigenvalue weighted by atomic mass is 10.1. The zero-order valence-electron chi connectivity index (χ0n) is 14.6. The van der Waals surface area contributed by atoms with Gasteiger partial charge in [-0.15, -0.1) is 0 Å². The Bertz CT molecular complexity index is 943. The standard InChI is InChI=1S/C19H17N5O3/c1-12-6-5-7-13(10-12)20-15(25)11-23-17-16(21-22-23)18(26)24(19(17)27)14-8-3-2-4-9-14/h2-10,16-17H,11H2,1H3,(H,20,25). The number of hydrogen-bond donors (Lipinski definition) is 1. The Morgan fingerprint density at radius 3 is 2.59 bits per heavy atom. The molecule has 4 rings (SSSR count). The maximum Gasteiger partial charge on any atom is 0.263 e. The van der Waals surface area contributed by atoms with E-state index in [2.05, 4.69) is 15.7 Å². The molecule has 0 radical (unpaired) electrons. The predicted molar refractivity (Wildman–Crippen MR) is 97.9 cm³/mol. The highest BCUT2D eigenvalue weighted by atomic mass is 16.2. The van der Waals surface area contributed by atoms with E-state index >= 15 is 0 Å². The molecule has 1 fully saturated rings. The number of rotatable bonds is 4. The average Bonchev–Trinajstić information content (AvgIpc) is 3.16. The lowest BCUT2D eigenvalue weighted by Crippen LogP contribution is -2.43. The monoisotopic (exact) mass is 363 g/mol. The number of amides is 3. The zero-order chi connectivity index (χ0) is 19.0. The van der Waals surface area contributed by atoms with Crippen molar-refractivity contribution >= 4 is 29.1 Å². The molecule has 2 aromatic carbocycles. The van der Waals surface area contributed by atoms with E-state index in [1.165, 1.54) is 5.01 Å². The fourth-order valence-electron chi connectivity index (χ4n) is 3.26. The smallest absolute Gasteiger partial charge is 0.263 e. The molecule has 2 heterocycles. The SMILES string of the molecule is Cc1cccc(NC(=O)CN2N=NC3C(=O)N(c4ccccc4)C(=O)C32)c1. The van der Waals surface area contributed by atoms with Gasteiger partial charge >= 0.3 is 0 Å². The Kier molecular flexibility index (Phi) is 4.15. The molecule has 0 aromatic heterocycles. The Morgan fingerprint density at radius 2 is 1.85 bits per heavy atom. The largest absolute Gasteiger partial charge is 0.324 e. The molecule has 27 heavy (non-hydrogen) atoms. The van der Waals surface area contributed by atoms with E-state index in [0.29, 0.717) is 11.4 Å². The lowest BCUT2D eigenvalue weighted by Gasteiger charge is -2.20. The molecular weight excluding hydrogens is 346 g/mol. The number of carbonyl (C=O) groups excluding carboxylic acids is 3. The first kappa shape index (κ1) is 16.9. The predicted octanol–water partition coefficient (Wildman–Crippen LogP) is 1.93. The minimum absolute atomic E-state index is 0.166. The number of para-hydroxylation sites is 1. The molecule has 2 atom stereocenters. The quantitative estimate of drug-likeness (QED) is 0.840. The van der Waals surface area contributed by atoms with Crippen molar-refractivity contribution in [1.82, 2.24) is 5.01 Å². The van der Waals surface area contributed by atoms with E-state index in [1.54, 1.807) is 36.4 Å². The maximum absolute atomic E-state index is 12.8. The first-order chi connectivity index (χ1) is 13.0. The number of imide groups is 1. The zero-order valence-corrected chi connectivity index (χ0v) is 14.6. The summed E-state index contributed by atoms with van der Waals surface area (Å²) in [5.74, 6) is -1.19. The van der Waals surface area contributed by atoms with Gasteiger partial charge in [0.15, 0.2) is 12.1 Å². The van der Waals surface area contributed by atoms with Crippen LogP contribution >= 0.6 is 0 Å². The topological polar surface area (TPSA) is 94.4 Å². The van der Waals surface area contributed by atoms with E-state index in [9.17, 15) is 14.4 Å². The normalized spacial score (nSPS) is 20.9. The molecule has 136 valence electrons. The van der Waals surface area contributed by atoms with Crippen molar-refractivity contribution in [2.45, 2.75) is 19.0 Å². The summed E-state index contributed by atoms with van der Waals surface area (Å²) in [6.07, 6.45) is 0. The van der Waals surface area contributed by atoms with E-state index in [1.807, 2.05) is 25.1 Å². The molecule has 2 aliphatic rings. The molecule has 8 heteroatoms. The van der Waals surface area contributed by atoms with Gasteiger partial charge in [0.25, 0.3) is 11.8 Å². The summed E-state index contributed by atoms with van der Waals surface area (Å²) in [5.41, 5.74) is 2.16. The van der Waals surface area contributed by atoms with E-state index in [-0.39, 0.29) is 12.5 Å². The molecule has 3 amide bonds. The van der Waals surface area contributed by atoms with Gasteiger partial charge in [-0.1, -0.05) is 35.6 Å². The molecule has 0 spiro atoms. The van der Waals surface area contributed by atoms with Crippen LogP contribution in [0.2, 0.25) is 0 Å². The summed E-state index contributed by atoms with van der Waals surface area (Å²) in [4.78, 5) is 38.8. The molecule has 0 saturated carbocycles. The Morgan fingerprint density at radius 1 is 1.07 bits per heavy atom. The number of hydrogen-bond acceptors (Lipinski definition) is 6. The van der Waals surface area contributed by atoms with Crippen molar-refractivity contribution in [1.29, 1.82) is 0 Å². The molecule has 8 nitrogen and oxygen atoms in total. The number of aryl methyl sites for hydroxylation is 1. The molecule has 2 aliphatic heterocycles. The van der Waals surface area contributed by atoms with Crippen LogP contribution in [0.15, 0.2) is 64.9 Å². The van der Waals surface area contributed by atoms with E-state index in [4.69, 9.17) is 0 Å². The summed E-state index contributed by atoms with van der Waals surface area (Å²) in [6.45, 7) is 1.76. The van der Waals surface area contributed by atoms with Crippen molar-refractivity contribution in [2.24, 2.45) is 10.3 Å². The minimum Gasteiger partial charge on any atom is -0.324 e. The molecule has 2 aromatic rings. The lowest BCUT2D eigenvalue weighted by molar-refractivity contribution is -0.123. The fourth-order valence-corrected chi connectivity index (χ4v) is 3.26. The molecular formula is C19H17N5O3. The van der Waals surface area contributed by atoms with Crippen molar-refractivity contribution in [3.05, 3.63) is 60.2 Å². The molecule has 1 N–H and O–H groups in total. The molecule has 2 unspecified atom stereocenters. The van der Waals surface area contributed by atoms with E-state index < -0.39 is 23.9 Å². The Hall–Kier alpha value is -3.55. The minimum atomic E-state index is -0.913. The van der Waals surface area contributed by atoms with Gasteiger partial charge in [-0.25, -0.2) is 4.90 Å². The summed E-state index contributed by atoms with van der Waals surface area (Å²) in [5, 5.41) is 11.8. The first-order valence-corrected chi connectivity index (χ1v) is 8.51. The van der Waals surface area contributed by atoms with Gasteiger partial charge < -0.3 is 5.32 Å². The Labute approximate surface area is 155 Å². The number of nitrogens with zero attached hydrogens (tertiary/aromatic N) is 4. The summed E-state index contributed by atoms with van der Waals surface area (Å²) in [7, 11) is 0. The molecule has 1 saturated heterocycles. The highest BCUT2D eigenvalue weighted by Crippen LogP contribution is 2.31. The van der Waals surface area contributed by atoms with Crippen LogP contribution in [0, 0.1) is 6.92 Å². The number of fused-ring (bicyclic) bond motifs is 1. The van der Waals surface area contributed by atoms with Gasteiger partial charge in [0.05, 0.1) is 5.69 Å². The van der Waals surface area contributed by atoms with E-state index in [0.717, 1.165) is 10.5 Å². The average molecular weight is 363 g/mol. The van der Waals surface area contributed by atoms with Crippen LogP contribution in [0.3, 0.4) is 0 Å². The van der Waals surface area contributed by atoms with Gasteiger partial charge in [-0.05, 0) is 36.8 Å². The van der Waals surface area contributed by atoms with Crippen LogP contribution in [0.5, 0.6) is 0 Å². The second kappa shape index (κ2) is 6.64.